The molecule has 0 aromatic heterocycles. The van der Waals surface area contributed by atoms with E-state index in [1.165, 1.54) is 25.8 Å². The van der Waals surface area contributed by atoms with E-state index in [-0.39, 0.29) is 0 Å². The maximum atomic E-state index is 5.43. The lowest BCUT2D eigenvalue weighted by atomic mass is 9.81. The Morgan fingerprint density at radius 1 is 1.17 bits per heavy atom. The van der Waals surface area contributed by atoms with Gasteiger partial charge in [0.15, 0.2) is 0 Å². The minimum atomic E-state index is 0.890. The van der Waals surface area contributed by atoms with Gasteiger partial charge in [0.25, 0.3) is 0 Å². The Labute approximate surface area is 74.9 Å². The maximum Gasteiger partial charge on any atom is 0.0593 e. The summed E-state index contributed by atoms with van der Waals surface area (Å²) in [6.07, 6.45) is 4.06. The van der Waals surface area contributed by atoms with Gasteiger partial charge in [-0.2, -0.15) is 0 Å². The molecule has 0 radical (unpaired) electrons. The molecule has 0 unspecified atom stereocenters. The van der Waals surface area contributed by atoms with Gasteiger partial charge in [-0.1, -0.05) is 6.92 Å². The van der Waals surface area contributed by atoms with E-state index in [2.05, 4.69) is 11.8 Å². The zero-order valence-corrected chi connectivity index (χ0v) is 7.96. The highest BCUT2D eigenvalue weighted by Gasteiger charge is 2.30. The second-order valence-electron chi connectivity index (χ2n) is 4.23. The second-order valence-corrected chi connectivity index (χ2v) is 4.23. The van der Waals surface area contributed by atoms with Crippen LogP contribution in [0.1, 0.15) is 26.2 Å². The fourth-order valence-corrected chi connectivity index (χ4v) is 2.29. The van der Waals surface area contributed by atoms with Crippen molar-refractivity contribution in [1.82, 2.24) is 4.90 Å². The molecule has 0 amide bonds. The van der Waals surface area contributed by atoms with Gasteiger partial charge in [-0.15, -0.1) is 0 Å². The van der Waals surface area contributed by atoms with Gasteiger partial charge in [-0.3, -0.25) is 4.90 Å². The van der Waals surface area contributed by atoms with E-state index in [0.717, 1.165) is 31.7 Å². The first-order valence-corrected chi connectivity index (χ1v) is 5.18. The van der Waals surface area contributed by atoms with Crippen molar-refractivity contribution < 1.29 is 4.74 Å². The van der Waals surface area contributed by atoms with Crippen molar-refractivity contribution in [2.45, 2.75) is 32.2 Å². The van der Waals surface area contributed by atoms with Crippen LogP contribution in [-0.4, -0.2) is 37.2 Å². The maximum absolute atomic E-state index is 5.43. The molecule has 2 heteroatoms. The summed E-state index contributed by atoms with van der Waals surface area (Å²) in [6.45, 7) is 6.70. The van der Waals surface area contributed by atoms with Gasteiger partial charge in [0.2, 0.25) is 0 Å². The van der Waals surface area contributed by atoms with Crippen LogP contribution in [0.15, 0.2) is 0 Å². The van der Waals surface area contributed by atoms with E-state index >= 15 is 0 Å². The Morgan fingerprint density at radius 2 is 2.00 bits per heavy atom. The zero-order valence-electron chi connectivity index (χ0n) is 7.96. The van der Waals surface area contributed by atoms with Crippen LogP contribution in [0.3, 0.4) is 0 Å². The molecule has 1 heterocycles. The summed E-state index contributed by atoms with van der Waals surface area (Å²) < 4.78 is 5.43. The van der Waals surface area contributed by atoms with Gasteiger partial charge in [0.1, 0.15) is 0 Å². The molecule has 1 aliphatic carbocycles. The summed E-state index contributed by atoms with van der Waals surface area (Å²) in [4.78, 5) is 2.62. The Balaban J connectivity index is 1.78. The first-order valence-electron chi connectivity index (χ1n) is 5.18. The summed E-state index contributed by atoms with van der Waals surface area (Å²) in [5.74, 6) is 0.971. The number of rotatable bonds is 1. The van der Waals surface area contributed by atoms with Crippen LogP contribution >= 0.6 is 0 Å². The summed E-state index contributed by atoms with van der Waals surface area (Å²) in [7, 11) is 0. The molecule has 12 heavy (non-hydrogen) atoms. The van der Waals surface area contributed by atoms with Crippen molar-refractivity contribution in [3.8, 4) is 0 Å². The van der Waals surface area contributed by atoms with E-state index in [1.807, 2.05) is 0 Å². The standard InChI is InChI=1S/C10H19NO/c1-9-7-10(8-9)11-3-2-5-12-6-4-11/h9-10H,2-8H2,1H3/t9-,10-. The average molecular weight is 169 g/mol. The van der Waals surface area contributed by atoms with Gasteiger partial charge in [-0.25, -0.2) is 0 Å². The predicted molar refractivity (Wildman–Crippen MR) is 49.2 cm³/mol. The average Bonchev–Trinajstić information content (AvgIpc) is 2.26. The highest BCUT2D eigenvalue weighted by Crippen LogP contribution is 2.31. The summed E-state index contributed by atoms with van der Waals surface area (Å²) in [6, 6.07) is 0.890. The molecule has 2 fully saturated rings. The third kappa shape index (κ3) is 1.80. The summed E-state index contributed by atoms with van der Waals surface area (Å²) >= 11 is 0. The smallest absolute Gasteiger partial charge is 0.0593 e. The van der Waals surface area contributed by atoms with E-state index in [9.17, 15) is 0 Å². The van der Waals surface area contributed by atoms with Crippen LogP contribution in [0.2, 0.25) is 0 Å². The number of ether oxygens (including phenoxy) is 1. The molecular formula is C10H19NO. The molecule has 1 aliphatic heterocycles. The van der Waals surface area contributed by atoms with E-state index < -0.39 is 0 Å². The third-order valence-electron chi connectivity index (χ3n) is 3.12. The lowest BCUT2D eigenvalue weighted by Gasteiger charge is -2.41. The lowest BCUT2D eigenvalue weighted by Crippen LogP contribution is -2.44. The van der Waals surface area contributed by atoms with Crippen LogP contribution < -0.4 is 0 Å². The molecule has 2 nitrogen and oxygen atoms in total. The Kier molecular flexibility index (Phi) is 2.66. The highest BCUT2D eigenvalue weighted by atomic mass is 16.5. The van der Waals surface area contributed by atoms with Crippen LogP contribution in [-0.2, 0) is 4.74 Å². The molecule has 0 bridgehead atoms. The fraction of sp³-hybridized carbons (Fsp3) is 1.00. The Hall–Kier alpha value is -0.0800. The molecule has 1 saturated heterocycles. The quantitative estimate of drug-likeness (QED) is 0.590. The molecule has 0 aromatic rings. The van der Waals surface area contributed by atoms with Crippen molar-refractivity contribution in [1.29, 1.82) is 0 Å². The van der Waals surface area contributed by atoms with Gasteiger partial charge < -0.3 is 4.74 Å². The first kappa shape index (κ1) is 8.52. The zero-order chi connectivity index (χ0) is 8.39. The van der Waals surface area contributed by atoms with Gasteiger partial charge in [0, 0.05) is 25.7 Å². The van der Waals surface area contributed by atoms with E-state index in [4.69, 9.17) is 4.74 Å². The highest BCUT2D eigenvalue weighted by molar-refractivity contribution is 4.85. The third-order valence-corrected chi connectivity index (χ3v) is 3.12. The SMILES string of the molecule is C[C@H]1C[C@H](N2CCCOCC2)C1. The van der Waals surface area contributed by atoms with Crippen molar-refractivity contribution >= 4 is 0 Å². The number of hydrogen-bond acceptors (Lipinski definition) is 2. The summed E-state index contributed by atoms with van der Waals surface area (Å²) in [5, 5.41) is 0. The Bertz CT molecular complexity index is 135. The molecule has 70 valence electrons. The van der Waals surface area contributed by atoms with Crippen LogP contribution in [0, 0.1) is 5.92 Å². The fourth-order valence-electron chi connectivity index (χ4n) is 2.29. The van der Waals surface area contributed by atoms with Crippen molar-refractivity contribution in [3.05, 3.63) is 0 Å². The number of nitrogens with zero attached hydrogens (tertiary/aromatic N) is 1. The molecule has 0 atom stereocenters. The molecule has 0 aromatic carbocycles. The largest absolute Gasteiger partial charge is 0.380 e. The Morgan fingerprint density at radius 3 is 2.75 bits per heavy atom. The topological polar surface area (TPSA) is 12.5 Å². The van der Waals surface area contributed by atoms with Gasteiger partial charge in [-0.05, 0) is 25.2 Å². The lowest BCUT2D eigenvalue weighted by molar-refractivity contribution is 0.0780. The summed E-state index contributed by atoms with van der Waals surface area (Å²) in [5.41, 5.74) is 0. The normalized spacial score (nSPS) is 38.8. The monoisotopic (exact) mass is 169 g/mol. The van der Waals surface area contributed by atoms with Gasteiger partial charge >= 0.3 is 0 Å². The van der Waals surface area contributed by atoms with Gasteiger partial charge in [0.05, 0.1) is 6.61 Å². The van der Waals surface area contributed by atoms with Crippen molar-refractivity contribution in [2.75, 3.05) is 26.3 Å². The molecule has 0 spiro atoms. The number of hydrogen-bond donors (Lipinski definition) is 0. The minimum absolute atomic E-state index is 0.890. The molecule has 0 N–H and O–H groups in total. The van der Waals surface area contributed by atoms with E-state index in [1.54, 1.807) is 0 Å². The minimum Gasteiger partial charge on any atom is -0.380 e. The van der Waals surface area contributed by atoms with Crippen LogP contribution in [0.4, 0.5) is 0 Å². The molecular weight excluding hydrogens is 150 g/mol. The van der Waals surface area contributed by atoms with Crippen LogP contribution in [0.25, 0.3) is 0 Å². The first-order chi connectivity index (χ1) is 5.86. The van der Waals surface area contributed by atoms with Crippen LogP contribution in [0.5, 0.6) is 0 Å². The molecule has 2 aliphatic rings. The predicted octanol–water partition coefficient (Wildman–Crippen LogP) is 1.51. The second kappa shape index (κ2) is 3.75. The van der Waals surface area contributed by atoms with Crippen molar-refractivity contribution in [2.24, 2.45) is 5.92 Å². The molecule has 1 saturated carbocycles. The van der Waals surface area contributed by atoms with Crippen molar-refractivity contribution in [3.63, 3.8) is 0 Å². The molecule has 2 rings (SSSR count). The van der Waals surface area contributed by atoms with E-state index in [0.29, 0.717) is 0 Å².